The number of benzene rings is 2. The molecule has 19 heavy (non-hydrogen) atoms. The molecule has 0 fully saturated rings. The van der Waals surface area contributed by atoms with E-state index in [4.69, 9.17) is 9.84 Å². The van der Waals surface area contributed by atoms with E-state index in [1.807, 2.05) is 30.3 Å². The summed E-state index contributed by atoms with van der Waals surface area (Å²) < 4.78 is 5.64. The summed E-state index contributed by atoms with van der Waals surface area (Å²) in [6.07, 6.45) is 0.782. The van der Waals surface area contributed by atoms with Gasteiger partial charge < -0.3 is 9.84 Å². The Kier molecular flexibility index (Phi) is 4.12. The number of carboxylic acids is 1. The predicted octanol–water partition coefficient (Wildman–Crippen LogP) is 2.96. The van der Waals surface area contributed by atoms with Crippen LogP contribution in [0.5, 0.6) is 11.5 Å². The van der Waals surface area contributed by atoms with Gasteiger partial charge in [0.2, 0.25) is 0 Å². The Morgan fingerprint density at radius 3 is 2.58 bits per heavy atom. The minimum Gasteiger partial charge on any atom is -0.477 e. The van der Waals surface area contributed by atoms with E-state index in [2.05, 4.69) is 10.5 Å². The molecule has 2 aromatic carbocycles. The van der Waals surface area contributed by atoms with Crippen molar-refractivity contribution in [2.75, 3.05) is 5.43 Å². The number of hydrogen-bond acceptors (Lipinski definition) is 4. The third kappa shape index (κ3) is 4.16. The number of hydrogen-bond donors (Lipinski definition) is 2. The van der Waals surface area contributed by atoms with Gasteiger partial charge in [0.25, 0.3) is 0 Å². The summed E-state index contributed by atoms with van der Waals surface area (Å²) >= 11 is 0. The van der Waals surface area contributed by atoms with Crippen LogP contribution >= 0.6 is 0 Å². The van der Waals surface area contributed by atoms with Crippen LogP contribution in [0.25, 0.3) is 0 Å². The summed E-state index contributed by atoms with van der Waals surface area (Å²) in [4.78, 5) is 10.3. The third-order valence-corrected chi connectivity index (χ3v) is 2.18. The lowest BCUT2D eigenvalue weighted by Gasteiger charge is -2.06. The van der Waals surface area contributed by atoms with Crippen LogP contribution in [0.1, 0.15) is 0 Å². The van der Waals surface area contributed by atoms with Gasteiger partial charge in [0.05, 0.1) is 5.69 Å². The van der Waals surface area contributed by atoms with Crippen molar-refractivity contribution in [1.82, 2.24) is 0 Å². The van der Waals surface area contributed by atoms with Gasteiger partial charge in [-0.3, -0.25) is 5.43 Å². The van der Waals surface area contributed by atoms with Crippen molar-refractivity contribution in [2.45, 2.75) is 0 Å². The zero-order chi connectivity index (χ0) is 13.5. The Balaban J connectivity index is 2.05. The van der Waals surface area contributed by atoms with E-state index in [9.17, 15) is 4.79 Å². The number of ether oxygens (including phenoxy) is 1. The first kappa shape index (κ1) is 12.6. The molecule has 0 unspecified atom stereocenters. The Labute approximate surface area is 110 Å². The average molecular weight is 256 g/mol. The number of nitrogens with zero attached hydrogens (tertiary/aromatic N) is 1. The second kappa shape index (κ2) is 6.20. The molecule has 0 aliphatic heterocycles. The van der Waals surface area contributed by atoms with Crippen LogP contribution in [-0.2, 0) is 4.79 Å². The molecule has 0 aliphatic rings. The molecular weight excluding hydrogens is 244 g/mol. The minimum atomic E-state index is -1.11. The van der Waals surface area contributed by atoms with Crippen LogP contribution in [0, 0.1) is 0 Å². The van der Waals surface area contributed by atoms with Gasteiger partial charge in [0.15, 0.2) is 0 Å². The van der Waals surface area contributed by atoms with Crippen LogP contribution in [0.4, 0.5) is 5.69 Å². The van der Waals surface area contributed by atoms with Crippen molar-refractivity contribution in [1.29, 1.82) is 0 Å². The highest BCUT2D eigenvalue weighted by Crippen LogP contribution is 2.23. The summed E-state index contributed by atoms with van der Waals surface area (Å²) in [6, 6.07) is 16.5. The van der Waals surface area contributed by atoms with Gasteiger partial charge in [0.1, 0.15) is 17.7 Å². The zero-order valence-electron chi connectivity index (χ0n) is 9.98. The lowest BCUT2D eigenvalue weighted by atomic mass is 10.3. The second-order valence-corrected chi connectivity index (χ2v) is 3.65. The largest absolute Gasteiger partial charge is 0.477 e. The summed E-state index contributed by atoms with van der Waals surface area (Å²) in [6.45, 7) is 0. The monoisotopic (exact) mass is 256 g/mol. The highest BCUT2D eigenvalue weighted by atomic mass is 16.5. The molecule has 0 saturated carbocycles. The first-order valence-electron chi connectivity index (χ1n) is 5.59. The van der Waals surface area contributed by atoms with Crippen LogP contribution < -0.4 is 10.2 Å². The molecule has 0 atom stereocenters. The van der Waals surface area contributed by atoms with Crippen LogP contribution in [0.2, 0.25) is 0 Å². The van der Waals surface area contributed by atoms with Crippen molar-refractivity contribution < 1.29 is 14.6 Å². The van der Waals surface area contributed by atoms with E-state index >= 15 is 0 Å². The molecule has 0 heterocycles. The number of aliphatic carboxylic acids is 1. The number of para-hydroxylation sites is 1. The molecule has 0 aromatic heterocycles. The summed E-state index contributed by atoms with van der Waals surface area (Å²) in [5.74, 6) is 0.264. The van der Waals surface area contributed by atoms with Crippen LogP contribution in [0.15, 0.2) is 59.7 Å². The van der Waals surface area contributed by atoms with Gasteiger partial charge in [-0.15, -0.1) is 0 Å². The van der Waals surface area contributed by atoms with E-state index in [1.54, 1.807) is 24.3 Å². The quantitative estimate of drug-likeness (QED) is 0.637. The van der Waals surface area contributed by atoms with Gasteiger partial charge in [-0.25, -0.2) is 4.79 Å². The normalized spacial score (nSPS) is 10.3. The molecule has 2 aromatic rings. The van der Waals surface area contributed by atoms with Crippen molar-refractivity contribution in [3.8, 4) is 11.5 Å². The SMILES string of the molecule is O=C(O)C=NNc1cccc(Oc2ccccc2)c1. The molecule has 5 heteroatoms. The number of rotatable bonds is 5. The first-order valence-corrected chi connectivity index (χ1v) is 5.59. The van der Waals surface area contributed by atoms with E-state index in [-0.39, 0.29) is 0 Å². The van der Waals surface area contributed by atoms with Crippen LogP contribution in [0.3, 0.4) is 0 Å². The maximum atomic E-state index is 10.3. The maximum Gasteiger partial charge on any atom is 0.348 e. The molecule has 0 aliphatic carbocycles. The Morgan fingerprint density at radius 2 is 1.84 bits per heavy atom. The molecule has 0 saturated heterocycles. The van der Waals surface area contributed by atoms with Crippen molar-refractivity contribution in [2.24, 2.45) is 5.10 Å². The molecule has 0 bridgehead atoms. The molecule has 5 nitrogen and oxygen atoms in total. The fraction of sp³-hybridized carbons (Fsp3) is 0. The van der Waals surface area contributed by atoms with Crippen molar-refractivity contribution in [3.05, 3.63) is 54.6 Å². The molecule has 0 radical (unpaired) electrons. The fourth-order valence-electron chi connectivity index (χ4n) is 1.42. The first-order chi connectivity index (χ1) is 9.24. The molecule has 0 spiro atoms. The number of carbonyl (C=O) groups is 1. The smallest absolute Gasteiger partial charge is 0.348 e. The summed E-state index contributed by atoms with van der Waals surface area (Å²) in [5, 5.41) is 12.0. The standard InChI is InChI=1S/C14H12N2O3/c17-14(18)10-15-16-11-5-4-8-13(9-11)19-12-6-2-1-3-7-12/h1-10,16H,(H,17,18). The number of nitrogens with one attached hydrogen (secondary N) is 1. The molecule has 96 valence electrons. The number of anilines is 1. The van der Waals surface area contributed by atoms with E-state index in [0.29, 0.717) is 11.4 Å². The highest BCUT2D eigenvalue weighted by Gasteiger charge is 1.98. The maximum absolute atomic E-state index is 10.3. The Morgan fingerprint density at radius 1 is 1.11 bits per heavy atom. The van der Waals surface area contributed by atoms with Crippen LogP contribution in [-0.4, -0.2) is 17.3 Å². The topological polar surface area (TPSA) is 70.9 Å². The minimum absolute atomic E-state index is 0.640. The zero-order valence-corrected chi connectivity index (χ0v) is 9.98. The summed E-state index contributed by atoms with van der Waals surface area (Å²) in [5.41, 5.74) is 3.26. The lowest BCUT2D eigenvalue weighted by Crippen LogP contribution is -1.98. The van der Waals surface area contributed by atoms with Gasteiger partial charge in [-0.1, -0.05) is 24.3 Å². The molecule has 2 rings (SSSR count). The van der Waals surface area contributed by atoms with E-state index < -0.39 is 5.97 Å². The Hall–Kier alpha value is -2.82. The van der Waals surface area contributed by atoms with Gasteiger partial charge in [-0.2, -0.15) is 5.10 Å². The van der Waals surface area contributed by atoms with Crippen molar-refractivity contribution in [3.63, 3.8) is 0 Å². The highest BCUT2D eigenvalue weighted by molar-refractivity contribution is 6.22. The van der Waals surface area contributed by atoms with Gasteiger partial charge in [-0.05, 0) is 24.3 Å². The lowest BCUT2D eigenvalue weighted by molar-refractivity contribution is -0.128. The third-order valence-electron chi connectivity index (χ3n) is 2.18. The second-order valence-electron chi connectivity index (χ2n) is 3.65. The fourth-order valence-corrected chi connectivity index (χ4v) is 1.42. The average Bonchev–Trinajstić information content (AvgIpc) is 2.40. The number of hydrazone groups is 1. The van der Waals surface area contributed by atoms with Gasteiger partial charge >= 0.3 is 5.97 Å². The predicted molar refractivity (Wildman–Crippen MR) is 72.7 cm³/mol. The molecule has 0 amide bonds. The van der Waals surface area contributed by atoms with E-state index in [0.717, 1.165) is 12.0 Å². The Bertz CT molecular complexity index is 582. The number of carboxylic acid groups (broad SMARTS) is 1. The van der Waals surface area contributed by atoms with Gasteiger partial charge in [0, 0.05) is 6.07 Å². The summed E-state index contributed by atoms with van der Waals surface area (Å²) in [7, 11) is 0. The molecular formula is C14H12N2O3. The molecule has 2 N–H and O–H groups in total. The van der Waals surface area contributed by atoms with E-state index in [1.165, 1.54) is 0 Å². The van der Waals surface area contributed by atoms with Crippen molar-refractivity contribution >= 4 is 17.9 Å².